The predicted molar refractivity (Wildman–Crippen MR) is 430 cm³/mol. The molecule has 0 radical (unpaired) electrons. The number of rotatable bonds is 23. The van der Waals surface area contributed by atoms with Gasteiger partial charge in [0, 0.05) is 141 Å². The molecule has 0 saturated carbocycles. The maximum atomic E-state index is 14.3. The lowest BCUT2D eigenvalue weighted by Gasteiger charge is -2.42. The number of nitrogens with one attached hydrogen (secondary N) is 6. The van der Waals surface area contributed by atoms with E-state index < -0.39 is 18.9 Å². The highest BCUT2D eigenvalue weighted by Gasteiger charge is 2.29. The minimum atomic E-state index is -2.41. The van der Waals surface area contributed by atoms with Crippen LogP contribution < -0.4 is 76.4 Å². The molecule has 0 atom stereocenters. The summed E-state index contributed by atoms with van der Waals surface area (Å²) in [5.74, 6) is 3.47. The van der Waals surface area contributed by atoms with E-state index in [0.29, 0.717) is 86.7 Å². The molecule has 12 rings (SSSR count). The van der Waals surface area contributed by atoms with Crippen LogP contribution in [0.2, 0.25) is 10.0 Å². The Balaban J connectivity index is 0.000000172. The zero-order valence-corrected chi connectivity index (χ0v) is 64.3. The van der Waals surface area contributed by atoms with Gasteiger partial charge in [0.15, 0.2) is 5.82 Å². The number of ether oxygens (including phenoxy) is 5. The number of anilines is 12. The summed E-state index contributed by atoms with van der Waals surface area (Å²) in [4.78, 5) is 51.0. The van der Waals surface area contributed by atoms with Crippen LogP contribution in [0.4, 0.5) is 73.4 Å². The summed E-state index contributed by atoms with van der Waals surface area (Å²) in [6, 6.07) is 35.9. The van der Waals surface area contributed by atoms with Crippen molar-refractivity contribution in [1.29, 1.82) is 0 Å². The highest BCUT2D eigenvalue weighted by molar-refractivity contribution is 7.70. The van der Waals surface area contributed by atoms with Gasteiger partial charge < -0.3 is 80.6 Å². The quantitative estimate of drug-likeness (QED) is 0.0178. The van der Waals surface area contributed by atoms with Gasteiger partial charge in [-0.3, -0.25) is 14.6 Å². The fourth-order valence-corrected chi connectivity index (χ4v) is 13.7. The third kappa shape index (κ3) is 20.8. The SMILES string of the molecule is COc1cc(N2CCN(C(C)C)CC2)ccc1Nc1nc2c(c(Nc3cccc(F)c3C(N)=O)n1)C=CC2.COc1cc(P(C)(C)=O)ccc1Nc1ncc(Cl)c(Nc2ccc(Cl)cc2OC)n1.COc1ccccc1NC=NC(=N/C=C/Cl)Nc1ccc(N2CCC(N3CCN(C)CC3)CC2)cc1OC. The van der Waals surface area contributed by atoms with Gasteiger partial charge in [0.1, 0.15) is 52.5 Å². The number of methoxy groups -OCH3 is 5. The molecule has 5 heterocycles. The number of guanidine groups is 1. The fourth-order valence-electron chi connectivity index (χ4n) is 12.4. The lowest BCUT2D eigenvalue weighted by molar-refractivity contribution is 0.0982. The second kappa shape index (κ2) is 37.4. The number of carbonyl (C=O) groups excluding carboxylic acids is 1. The van der Waals surface area contributed by atoms with Crippen LogP contribution in [0, 0.1) is 5.82 Å². The summed E-state index contributed by atoms with van der Waals surface area (Å²) in [5, 5.41) is 20.6. The summed E-state index contributed by atoms with van der Waals surface area (Å²) in [6.45, 7) is 18.6. The van der Waals surface area contributed by atoms with E-state index in [1.54, 1.807) is 97.7 Å². The molecule has 1 amide bonds. The van der Waals surface area contributed by atoms with Gasteiger partial charge in [0.05, 0.1) is 93.5 Å². The molecule has 0 unspecified atom stereocenters. The molecule has 3 saturated heterocycles. The monoisotopic (exact) mass is 1520 g/mol. The van der Waals surface area contributed by atoms with Gasteiger partial charge in [0.25, 0.3) is 5.91 Å². The van der Waals surface area contributed by atoms with Gasteiger partial charge in [0.2, 0.25) is 17.9 Å². The number of likely N-dealkylation sites (N-methyl/N-ethyl adjacent to an activating group) is 1. The summed E-state index contributed by atoms with van der Waals surface area (Å²) < 4.78 is 54.3. The Bertz CT molecular complexity index is 4530. The number of aliphatic imine (C=N–C) groups is 2. The van der Waals surface area contributed by atoms with Crippen molar-refractivity contribution in [2.45, 2.75) is 45.2 Å². The number of carbonyl (C=O) groups is 1. The van der Waals surface area contributed by atoms with Gasteiger partial charge in [-0.2, -0.15) is 9.97 Å². The number of hydrogen-bond acceptors (Lipinski definition) is 21. The molecular weight excluding hydrogens is 1430 g/mol. The van der Waals surface area contributed by atoms with Crippen molar-refractivity contribution in [2.75, 3.05) is 163 Å². The van der Waals surface area contributed by atoms with Crippen LogP contribution in [0.25, 0.3) is 6.08 Å². The van der Waals surface area contributed by atoms with Crippen LogP contribution in [0.15, 0.2) is 149 Å². The van der Waals surface area contributed by atoms with Gasteiger partial charge in [-0.25, -0.2) is 24.3 Å². The van der Waals surface area contributed by atoms with Gasteiger partial charge in [-0.1, -0.05) is 65.2 Å². The molecule has 0 bridgehead atoms. The molecule has 0 spiro atoms. The van der Waals surface area contributed by atoms with Crippen LogP contribution >= 0.6 is 41.9 Å². The molecule has 106 heavy (non-hydrogen) atoms. The third-order valence-electron chi connectivity index (χ3n) is 18.3. The Hall–Kier alpha value is -9.92. The maximum absolute atomic E-state index is 14.3. The number of nitrogens with zero attached hydrogens (tertiary/aromatic N) is 11. The van der Waals surface area contributed by atoms with E-state index in [2.05, 4.69) is 125 Å². The second-order valence-corrected chi connectivity index (χ2v) is 30.1. The lowest BCUT2D eigenvalue weighted by atomic mass is 10.0. The number of hydrogen-bond donors (Lipinski definition) is 7. The molecule has 2 aromatic heterocycles. The van der Waals surface area contributed by atoms with E-state index in [0.717, 1.165) is 95.8 Å². The number of fused-ring (bicyclic) bond motifs is 1. The number of nitrogens with two attached hydrogens (primary N) is 1. The Morgan fingerprint density at radius 3 is 1.90 bits per heavy atom. The Labute approximate surface area is 633 Å². The van der Waals surface area contributed by atoms with E-state index in [4.69, 9.17) is 64.2 Å². The Kier molecular flexibility index (Phi) is 27.7. The highest BCUT2D eigenvalue weighted by atomic mass is 35.5. The maximum Gasteiger partial charge on any atom is 0.253 e. The van der Waals surface area contributed by atoms with Crippen molar-refractivity contribution in [3.63, 3.8) is 0 Å². The average molecular weight is 1530 g/mol. The number of piperazine rings is 2. The van der Waals surface area contributed by atoms with E-state index in [-0.39, 0.29) is 11.3 Å². The lowest BCUT2D eigenvalue weighted by Crippen LogP contribution is -2.52. The molecule has 3 fully saturated rings. The van der Waals surface area contributed by atoms with Crippen molar-refractivity contribution in [1.82, 2.24) is 34.6 Å². The van der Waals surface area contributed by atoms with Gasteiger partial charge >= 0.3 is 0 Å². The van der Waals surface area contributed by atoms with Gasteiger partial charge in [-0.05, 0) is 126 Å². The number of allylic oxidation sites excluding steroid dienone is 1. The van der Waals surface area contributed by atoms with E-state index in [1.807, 2.05) is 54.6 Å². The van der Waals surface area contributed by atoms with E-state index >= 15 is 0 Å². The number of amides is 1. The minimum absolute atomic E-state index is 0.220. The number of piperidine rings is 1. The van der Waals surface area contributed by atoms with Crippen LogP contribution in [-0.4, -0.2) is 186 Å². The summed E-state index contributed by atoms with van der Waals surface area (Å²) in [6.07, 6.45) is 11.4. The van der Waals surface area contributed by atoms with Crippen LogP contribution in [0.1, 0.15) is 48.3 Å². The number of benzene rings is 6. The first-order valence-electron chi connectivity index (χ1n) is 34.5. The summed E-state index contributed by atoms with van der Waals surface area (Å²) >= 11 is 18.0. The van der Waals surface area contributed by atoms with Crippen LogP contribution in [-0.2, 0) is 11.0 Å². The normalized spacial score (nSPS) is 15.1. The smallest absolute Gasteiger partial charge is 0.253 e. The Morgan fingerprint density at radius 1 is 0.651 bits per heavy atom. The van der Waals surface area contributed by atoms with Crippen molar-refractivity contribution in [3.8, 4) is 28.7 Å². The molecule has 1 aliphatic carbocycles. The molecule has 25 nitrogen and oxygen atoms in total. The Morgan fingerprint density at radius 2 is 1.24 bits per heavy atom. The first kappa shape index (κ1) is 78.7. The zero-order valence-electron chi connectivity index (χ0n) is 61.1. The number of primary amides is 1. The second-order valence-electron chi connectivity index (χ2n) is 25.8. The van der Waals surface area contributed by atoms with E-state index in [1.165, 1.54) is 69.1 Å². The minimum Gasteiger partial charge on any atom is -0.495 e. The fraction of sp³-hybridized carbons (Fsp3) is 0.329. The first-order chi connectivity index (χ1) is 51.1. The highest BCUT2D eigenvalue weighted by Crippen LogP contribution is 2.40. The third-order valence-corrected chi connectivity index (χ3v) is 20.4. The van der Waals surface area contributed by atoms with Crippen LogP contribution in [0.3, 0.4) is 0 Å². The standard InChI is InChI=1S/C28H38ClN7O2.C28H32FN7O2.C20H21Cl2N4O3P/c1-34-16-18-36(19-17-34)22-10-14-35(15-11-22)23-8-9-25(27(20-23)38-3)33-28(30-13-12-29)32-21-31-24-6-4-5-7-26(24)37-2;1-17(2)35-12-14-36(15-13-35)18-10-11-22(24(16-18)38-3)33-28-32-21-8-4-6-19(21)27(34-28)31-23-9-5-7-20(29)25(23)26(30)37;1-28-17-9-12(21)5-7-15(17)24-19-14(22)11-23-20(26-19)25-16-8-6-13(30(3,4)27)10-18(16)29-2/h4-9,12-13,20-22H,10-11,14-19H2,1-3H3,(H2,30,31,32,33);4-7,9-11,16-17H,8,12-15H2,1-3H3,(H2,30,37)(H2,31,32,33,34);5-11H,1-4H3,(H2,23,24,25,26)/b13-12+;;. The van der Waals surface area contributed by atoms with Crippen molar-refractivity contribution in [2.24, 2.45) is 15.7 Å². The molecule has 6 aromatic carbocycles. The van der Waals surface area contributed by atoms with E-state index in [9.17, 15) is 13.8 Å². The van der Waals surface area contributed by atoms with Crippen molar-refractivity contribution < 1.29 is 37.4 Å². The molecular formula is C76H91Cl3FN18O7P. The molecule has 3 aliphatic heterocycles. The van der Waals surface area contributed by atoms with Crippen LogP contribution in [0.5, 0.6) is 28.7 Å². The first-order valence-corrected chi connectivity index (χ1v) is 38.3. The largest absolute Gasteiger partial charge is 0.495 e. The molecule has 8 N–H and O–H groups in total. The topological polar surface area (TPSA) is 271 Å². The zero-order chi connectivity index (χ0) is 75.4. The predicted octanol–water partition coefficient (Wildman–Crippen LogP) is 14.4. The summed E-state index contributed by atoms with van der Waals surface area (Å²) in [7, 11) is 7.83. The number of aromatic nitrogens is 4. The molecule has 4 aliphatic rings. The molecule has 560 valence electrons. The molecule has 8 aromatic rings. The summed E-state index contributed by atoms with van der Waals surface area (Å²) in [5.41, 5.74) is 14.2. The van der Waals surface area contributed by atoms with Crippen molar-refractivity contribution in [3.05, 3.63) is 172 Å². The van der Waals surface area contributed by atoms with Crippen molar-refractivity contribution >= 4 is 141 Å². The number of halogens is 4. The molecule has 30 heteroatoms. The number of para-hydroxylation sites is 2. The average Bonchev–Trinajstić information content (AvgIpc) is 1.04. The van der Waals surface area contributed by atoms with Gasteiger partial charge in [-0.15, -0.1) is 0 Å².